The number of anilines is 4. The molecule has 31 nitrogen and oxygen atoms in total. The van der Waals surface area contributed by atoms with Crippen molar-refractivity contribution < 1.29 is 52.6 Å². The molecule has 4 fully saturated rings. The summed E-state index contributed by atoms with van der Waals surface area (Å²) in [4.78, 5) is 51.5. The predicted molar refractivity (Wildman–Crippen MR) is 545 cm³/mol. The summed E-state index contributed by atoms with van der Waals surface area (Å²) >= 11 is 6.52. The highest BCUT2D eigenvalue weighted by atomic mass is 35.5. The number of nitrogens with zero attached hydrogens (tertiary/aromatic N) is 15. The molecular weight excluding hydrogens is 1850 g/mol. The lowest BCUT2D eigenvalue weighted by molar-refractivity contribution is 0.131. The van der Waals surface area contributed by atoms with E-state index in [9.17, 15) is 33.7 Å². The Morgan fingerprint density at radius 2 is 0.587 bits per heavy atom. The number of sulfonamides is 4. The van der Waals surface area contributed by atoms with Crippen molar-refractivity contribution in [2.24, 2.45) is 0 Å². The van der Waals surface area contributed by atoms with Crippen LogP contribution in [0.4, 0.5) is 22.7 Å². The van der Waals surface area contributed by atoms with Crippen molar-refractivity contribution in [3.05, 3.63) is 271 Å². The SMILES string of the molecule is C[C@H](Nc1ccnc2ccccc12)c1cc2ccccc2c(OC2CCN(S(C)(=O)=O)CC2)n1.C[C@H](Nc1ccnc2ccccc12)c1nc(OC2CCN(S(C)(=O)=O)CC2)c2c(Cl)cccc2n1.C[C@H](Nc1ccnc2ccccc12)c1nc(OC2CCN(S(C)(=O)=O)CC2)c2ccccc2n1.Cc1cccc2nc([C@H](C)Nc3ccnc4ccccc34)nc(OC3CCN(S(C)(=O)=O)CC3)c12. The van der Waals surface area contributed by atoms with Gasteiger partial charge >= 0.3 is 0 Å². The lowest BCUT2D eigenvalue weighted by atomic mass is 10.1. The summed E-state index contributed by atoms with van der Waals surface area (Å²) < 4.78 is 126. The maximum atomic E-state index is 11.9. The first-order valence-electron chi connectivity index (χ1n) is 46.1. The van der Waals surface area contributed by atoms with Crippen LogP contribution in [-0.4, -0.2) is 208 Å². The fraction of sp³-hybridized carbons (Fsp3) is 0.324. The molecule has 0 bridgehead atoms. The molecule has 0 saturated carbocycles. The highest BCUT2D eigenvalue weighted by Gasteiger charge is 2.34. The number of pyridine rings is 5. The minimum atomic E-state index is -3.21. The molecular formula is C102H110ClN19O12S4. The van der Waals surface area contributed by atoms with Gasteiger partial charge in [-0.25, -0.2) is 70.8 Å². The molecule has 16 aromatic rings. The maximum Gasteiger partial charge on any atom is 0.226 e. The van der Waals surface area contributed by atoms with E-state index in [2.05, 4.69) is 66.3 Å². The molecule has 8 aromatic heterocycles. The van der Waals surface area contributed by atoms with Crippen LogP contribution in [0.2, 0.25) is 5.02 Å². The second-order valence-corrected chi connectivity index (χ2v) is 43.6. The number of fused-ring (bicyclic) bond motifs is 8. The molecule has 0 unspecified atom stereocenters. The Labute approximate surface area is 808 Å². The number of rotatable bonds is 24. The molecule has 0 spiro atoms. The van der Waals surface area contributed by atoms with Crippen molar-refractivity contribution in [3.8, 4) is 23.5 Å². The number of para-hydroxylation sites is 5. The number of hydrogen-bond acceptors (Lipinski definition) is 27. The Hall–Kier alpha value is -12.8. The molecule has 36 heteroatoms. The first-order valence-corrected chi connectivity index (χ1v) is 53.9. The van der Waals surface area contributed by atoms with Crippen LogP contribution in [0.25, 0.3) is 87.1 Å². The normalized spacial score (nSPS) is 16.5. The van der Waals surface area contributed by atoms with E-state index in [0.29, 0.717) is 161 Å². The van der Waals surface area contributed by atoms with Gasteiger partial charge in [0.25, 0.3) is 0 Å². The van der Waals surface area contributed by atoms with Crippen LogP contribution in [0.5, 0.6) is 23.5 Å². The third kappa shape index (κ3) is 23.2. The molecule has 0 amide bonds. The molecule has 0 aliphatic carbocycles. The van der Waals surface area contributed by atoms with Gasteiger partial charge in [-0.3, -0.25) is 19.9 Å². The number of nitrogens with one attached hydrogen (secondary N) is 4. The summed E-state index contributed by atoms with van der Waals surface area (Å²) in [5, 5.41) is 23.2. The highest BCUT2D eigenvalue weighted by molar-refractivity contribution is 7.89. The lowest BCUT2D eigenvalue weighted by Gasteiger charge is -2.30. The molecule has 12 heterocycles. The van der Waals surface area contributed by atoms with E-state index in [4.69, 9.17) is 65.4 Å². The van der Waals surface area contributed by atoms with Gasteiger partial charge in [0.2, 0.25) is 63.6 Å². The van der Waals surface area contributed by atoms with Crippen molar-refractivity contribution in [3.63, 3.8) is 0 Å². The van der Waals surface area contributed by atoms with E-state index in [1.54, 1.807) is 24.7 Å². The topological polar surface area (TPSA) is 376 Å². The number of hydrogen-bond donors (Lipinski definition) is 4. The van der Waals surface area contributed by atoms with Gasteiger partial charge in [-0.1, -0.05) is 133 Å². The minimum Gasteiger partial charge on any atom is -0.474 e. The van der Waals surface area contributed by atoms with Gasteiger partial charge < -0.3 is 40.2 Å². The van der Waals surface area contributed by atoms with Crippen LogP contribution in [-0.2, 0) is 40.1 Å². The monoisotopic (exact) mass is 1960 g/mol. The predicted octanol–water partition coefficient (Wildman–Crippen LogP) is 18.2. The zero-order valence-electron chi connectivity index (χ0n) is 78.1. The summed E-state index contributed by atoms with van der Waals surface area (Å²) in [6, 6.07) is 68.6. The molecule has 20 rings (SSSR count). The summed E-state index contributed by atoms with van der Waals surface area (Å²) in [6.07, 6.45) is 16.6. The molecule has 4 saturated heterocycles. The number of piperidine rings is 4. The smallest absolute Gasteiger partial charge is 0.226 e. The Morgan fingerprint density at radius 3 is 0.964 bits per heavy atom. The van der Waals surface area contributed by atoms with Crippen molar-refractivity contribution in [2.75, 3.05) is 98.6 Å². The van der Waals surface area contributed by atoms with Crippen LogP contribution in [0.15, 0.2) is 237 Å². The molecule has 0 radical (unpaired) electrons. The third-order valence-electron chi connectivity index (χ3n) is 25.2. The van der Waals surface area contributed by atoms with E-state index in [1.807, 2.05) is 222 Å². The molecule has 716 valence electrons. The minimum absolute atomic E-state index is 0.0650. The average Bonchev–Trinajstić information content (AvgIpc) is 0.775. The van der Waals surface area contributed by atoms with Gasteiger partial charge in [0.05, 0.1) is 115 Å². The Bertz CT molecular complexity index is 7160. The first kappa shape index (κ1) is 96.8. The van der Waals surface area contributed by atoms with E-state index in [0.717, 1.165) is 110 Å². The van der Waals surface area contributed by atoms with Gasteiger partial charge in [0.1, 0.15) is 24.4 Å². The second-order valence-electron chi connectivity index (χ2n) is 35.2. The van der Waals surface area contributed by atoms with Gasteiger partial charge in [-0.15, -0.1) is 0 Å². The van der Waals surface area contributed by atoms with Crippen LogP contribution in [0.3, 0.4) is 0 Å². The van der Waals surface area contributed by atoms with Crippen LogP contribution in [0, 0.1) is 6.92 Å². The number of aromatic nitrogens is 11. The summed E-state index contributed by atoms with van der Waals surface area (Å²) in [7, 11) is -12.7. The number of ether oxygens (including phenoxy) is 4. The highest BCUT2D eigenvalue weighted by Crippen LogP contribution is 2.40. The quantitative estimate of drug-likeness (QED) is 0.0436. The first-order chi connectivity index (χ1) is 66.3. The van der Waals surface area contributed by atoms with Gasteiger partial charge in [0, 0.05) is 127 Å². The lowest BCUT2D eigenvalue weighted by Crippen LogP contribution is -2.41. The fourth-order valence-corrected chi connectivity index (χ4v) is 21.5. The summed E-state index contributed by atoms with van der Waals surface area (Å²) in [5.74, 6) is 3.93. The van der Waals surface area contributed by atoms with Gasteiger partial charge in [-0.05, 0) is 188 Å². The van der Waals surface area contributed by atoms with E-state index < -0.39 is 40.1 Å². The second kappa shape index (κ2) is 42.2. The van der Waals surface area contributed by atoms with Crippen LogP contribution in [0.1, 0.15) is 132 Å². The van der Waals surface area contributed by atoms with Crippen molar-refractivity contribution in [2.45, 2.75) is 135 Å². The molecule has 138 heavy (non-hydrogen) atoms. The molecule has 4 aliphatic rings. The van der Waals surface area contributed by atoms with Gasteiger partial charge in [0.15, 0.2) is 17.5 Å². The molecule has 8 aromatic carbocycles. The summed E-state index contributed by atoms with van der Waals surface area (Å²) in [6.45, 7) is 13.7. The maximum absolute atomic E-state index is 11.9. The van der Waals surface area contributed by atoms with Crippen molar-refractivity contribution in [1.82, 2.24) is 72.0 Å². The average molecular weight is 1960 g/mol. The van der Waals surface area contributed by atoms with Crippen LogP contribution < -0.4 is 40.2 Å². The zero-order valence-corrected chi connectivity index (χ0v) is 82.1. The molecule has 4 aliphatic heterocycles. The Kier molecular flexibility index (Phi) is 29.6. The molecule has 4 atom stereocenters. The fourth-order valence-electron chi connectivity index (χ4n) is 17.7. The molecule has 4 N–H and O–H groups in total. The number of aryl methyl sites for hydroxylation is 1. The van der Waals surface area contributed by atoms with Gasteiger partial charge in [-0.2, -0.15) is 15.0 Å². The summed E-state index contributed by atoms with van der Waals surface area (Å²) in [5.41, 5.74) is 11.8. The largest absolute Gasteiger partial charge is 0.474 e. The van der Waals surface area contributed by atoms with E-state index in [-0.39, 0.29) is 48.6 Å². The number of halogens is 1. The third-order valence-corrected chi connectivity index (χ3v) is 30.7. The van der Waals surface area contributed by atoms with Crippen LogP contribution >= 0.6 is 11.6 Å². The van der Waals surface area contributed by atoms with E-state index in [1.165, 1.54) is 42.2 Å². The standard InChI is InChI=1S/C26H29N5O3S.C26H28N4O3S.C25H26ClN5O3S.C25H27N5O3S/c1-17-7-6-10-23-24(17)26(34-19-12-15-31(16-13-19)35(3,32)33)30-25(29-23)18(2)28-22-11-14-27-21-9-5-4-8-20(21)22;1-18(28-24-11-14-27-23-10-6-5-9-22(23)24)25-17-19-7-3-4-8-21(19)26(29-25)33-20-12-15-30(16-13-20)34(2,31)32;1-16(28-21-10-13-27-20-8-4-3-6-18(20)21)24-29-22-9-5-7-19(26)23(22)25(30-24)34-17-11-14-31(15-12-17)35(2,32)33;1-17(27-23-11-14-26-21-9-5-3-7-19(21)23)24-28-22-10-6-4-8-20(22)25(29-24)33-18-12-15-30(16-13-18)34(2,31)32/h4-11,14,18-19H,12-13,15-16H2,1-3H3,(H,27,28);3-11,14,17-18,20H,12-13,15-16H2,1-2H3,(H,27,28);3-10,13,16-17H,11-12,14-15H2,1-2H3,(H,27,28);3-11,14,17-18H,12-13,15-16H2,1-2H3,(H,26,27)/t2*18-;16-;17-/m0000/s1. The zero-order chi connectivity index (χ0) is 96.6. The Morgan fingerprint density at radius 1 is 0.304 bits per heavy atom. The number of benzene rings is 8. The van der Waals surface area contributed by atoms with Crippen molar-refractivity contribution in [1.29, 1.82) is 0 Å². The van der Waals surface area contributed by atoms with E-state index >= 15 is 0 Å². The Balaban J connectivity index is 0.000000127. The van der Waals surface area contributed by atoms with Crippen molar-refractivity contribution >= 4 is 162 Å².